The highest BCUT2D eigenvalue weighted by molar-refractivity contribution is 7.50. The largest absolute Gasteiger partial charge is 0.507 e. The number of halogens is 1. The van der Waals surface area contributed by atoms with E-state index in [1.807, 2.05) is 0 Å². The van der Waals surface area contributed by atoms with Gasteiger partial charge in [0.05, 0.1) is 5.57 Å². The molecular formula is C13H13ClNO5P. The Hall–Kier alpha value is -1.59. The summed E-state index contributed by atoms with van der Waals surface area (Å²) < 4.78 is 10.7. The number of benzene rings is 1. The van der Waals surface area contributed by atoms with Crippen molar-refractivity contribution >= 4 is 31.3 Å². The van der Waals surface area contributed by atoms with Crippen LogP contribution in [0.5, 0.6) is 0 Å². The summed E-state index contributed by atoms with van der Waals surface area (Å²) >= 11 is 5.78. The summed E-state index contributed by atoms with van der Waals surface area (Å²) in [5, 5.41) is 12.1. The van der Waals surface area contributed by atoms with Crippen molar-refractivity contribution in [3.63, 3.8) is 0 Å². The minimum atomic E-state index is -4.67. The van der Waals surface area contributed by atoms with Crippen molar-refractivity contribution in [1.82, 2.24) is 5.09 Å². The first-order valence-corrected chi connectivity index (χ1v) is 8.02. The summed E-state index contributed by atoms with van der Waals surface area (Å²) in [7, 11) is -4.67. The molecule has 1 aromatic carbocycles. The SMILES string of the molecule is O=C(NP(=O)(O)O)C1=C(O)/C(=C/c2ccc(Cl)cc2)CC1. The fourth-order valence-electron chi connectivity index (χ4n) is 2.01. The quantitative estimate of drug-likeness (QED) is 0.637. The predicted molar refractivity (Wildman–Crippen MR) is 78.5 cm³/mol. The van der Waals surface area contributed by atoms with Gasteiger partial charge >= 0.3 is 7.75 Å². The summed E-state index contributed by atoms with van der Waals surface area (Å²) in [6.45, 7) is 0. The maximum atomic E-state index is 11.6. The summed E-state index contributed by atoms with van der Waals surface area (Å²) in [5.74, 6) is -1.20. The van der Waals surface area contributed by atoms with Crippen LogP contribution in [0.15, 0.2) is 41.2 Å². The van der Waals surface area contributed by atoms with Crippen LogP contribution in [0.2, 0.25) is 5.02 Å². The lowest BCUT2D eigenvalue weighted by Gasteiger charge is -2.06. The highest BCUT2D eigenvalue weighted by Crippen LogP contribution is 2.34. The lowest BCUT2D eigenvalue weighted by molar-refractivity contribution is -0.116. The zero-order valence-corrected chi connectivity index (χ0v) is 12.4. The van der Waals surface area contributed by atoms with Crippen molar-refractivity contribution in [2.75, 3.05) is 0 Å². The Balaban J connectivity index is 2.23. The molecule has 8 heteroatoms. The molecule has 1 aromatic rings. The molecule has 112 valence electrons. The van der Waals surface area contributed by atoms with Gasteiger partial charge in [-0.25, -0.2) is 4.57 Å². The molecule has 0 atom stereocenters. The van der Waals surface area contributed by atoms with Crippen LogP contribution >= 0.6 is 19.3 Å². The van der Waals surface area contributed by atoms with Crippen LogP contribution in [0.1, 0.15) is 18.4 Å². The number of carbonyl (C=O) groups is 1. The first-order valence-electron chi connectivity index (χ1n) is 6.03. The fourth-order valence-corrected chi connectivity index (χ4v) is 2.54. The average molecular weight is 330 g/mol. The molecular weight excluding hydrogens is 317 g/mol. The van der Waals surface area contributed by atoms with Crippen LogP contribution in [0.4, 0.5) is 0 Å². The third-order valence-corrected chi connectivity index (χ3v) is 3.71. The number of hydrogen-bond acceptors (Lipinski definition) is 3. The van der Waals surface area contributed by atoms with Crippen LogP contribution in [0.3, 0.4) is 0 Å². The molecule has 4 N–H and O–H groups in total. The normalized spacial score (nSPS) is 17.4. The van der Waals surface area contributed by atoms with Gasteiger partial charge < -0.3 is 14.9 Å². The molecule has 1 amide bonds. The molecule has 0 heterocycles. The van der Waals surface area contributed by atoms with E-state index in [1.165, 1.54) is 0 Å². The molecule has 1 aliphatic carbocycles. The van der Waals surface area contributed by atoms with Crippen LogP contribution in [-0.2, 0) is 9.36 Å². The van der Waals surface area contributed by atoms with Crippen LogP contribution in [-0.4, -0.2) is 20.8 Å². The van der Waals surface area contributed by atoms with E-state index in [-0.39, 0.29) is 17.8 Å². The van der Waals surface area contributed by atoms with Gasteiger partial charge in [0.15, 0.2) is 0 Å². The first kappa shape index (κ1) is 15.8. The molecule has 1 aliphatic rings. The molecule has 0 spiro atoms. The molecule has 0 radical (unpaired) electrons. The Morgan fingerprint density at radius 2 is 1.86 bits per heavy atom. The second-order valence-electron chi connectivity index (χ2n) is 4.53. The van der Waals surface area contributed by atoms with Crippen molar-refractivity contribution in [2.45, 2.75) is 12.8 Å². The van der Waals surface area contributed by atoms with Crippen molar-refractivity contribution in [3.8, 4) is 0 Å². The minimum Gasteiger partial charge on any atom is -0.507 e. The average Bonchev–Trinajstić information content (AvgIpc) is 2.72. The monoisotopic (exact) mass is 329 g/mol. The molecule has 0 aromatic heterocycles. The Morgan fingerprint density at radius 3 is 2.43 bits per heavy atom. The molecule has 0 fully saturated rings. The molecule has 21 heavy (non-hydrogen) atoms. The maximum Gasteiger partial charge on any atom is 0.429 e. The molecule has 2 rings (SSSR count). The maximum absolute atomic E-state index is 11.6. The topological polar surface area (TPSA) is 107 Å². The number of allylic oxidation sites excluding steroid dienone is 1. The number of amides is 1. The van der Waals surface area contributed by atoms with E-state index in [9.17, 15) is 14.5 Å². The van der Waals surface area contributed by atoms with E-state index in [1.54, 1.807) is 35.4 Å². The highest BCUT2D eigenvalue weighted by Gasteiger charge is 2.28. The zero-order valence-electron chi connectivity index (χ0n) is 10.8. The molecule has 0 bridgehead atoms. The molecule has 6 nitrogen and oxygen atoms in total. The Morgan fingerprint density at radius 1 is 1.24 bits per heavy atom. The van der Waals surface area contributed by atoms with Gasteiger partial charge in [0.1, 0.15) is 5.76 Å². The second-order valence-corrected chi connectivity index (χ2v) is 6.28. The van der Waals surface area contributed by atoms with E-state index in [0.717, 1.165) is 5.56 Å². The summed E-state index contributed by atoms with van der Waals surface area (Å²) in [4.78, 5) is 29.1. The number of aliphatic hydroxyl groups is 1. The number of carbonyl (C=O) groups excluding carboxylic acids is 1. The van der Waals surface area contributed by atoms with Crippen molar-refractivity contribution in [1.29, 1.82) is 0 Å². The predicted octanol–water partition coefficient (Wildman–Crippen LogP) is 2.54. The second kappa shape index (κ2) is 6.03. The fraction of sp³-hybridized carbons (Fsp3) is 0.154. The number of hydrogen-bond donors (Lipinski definition) is 4. The summed E-state index contributed by atoms with van der Waals surface area (Å²) in [6.07, 6.45) is 2.33. The van der Waals surface area contributed by atoms with Gasteiger partial charge in [0.25, 0.3) is 5.91 Å². The summed E-state index contributed by atoms with van der Waals surface area (Å²) in [5.41, 5.74) is 1.31. The van der Waals surface area contributed by atoms with E-state index >= 15 is 0 Å². The van der Waals surface area contributed by atoms with Gasteiger partial charge in [-0.1, -0.05) is 23.7 Å². The van der Waals surface area contributed by atoms with Crippen molar-refractivity contribution < 1.29 is 24.3 Å². The standard InChI is InChI=1S/C13H13ClNO5P/c14-10-4-1-8(2-5-10)7-9-3-6-11(12(9)16)13(17)15-21(18,19)20/h1-2,4-5,7,16H,3,6H2,(H3,15,17,18,19,20)/b9-7+. The minimum absolute atomic E-state index is 0.0291. The number of aliphatic hydroxyl groups excluding tert-OH is 1. The van der Waals surface area contributed by atoms with E-state index in [2.05, 4.69) is 0 Å². The van der Waals surface area contributed by atoms with E-state index in [0.29, 0.717) is 17.0 Å². The molecule has 0 saturated carbocycles. The summed E-state index contributed by atoms with van der Waals surface area (Å²) in [6, 6.07) is 6.92. The Labute approximate surface area is 126 Å². The molecule has 0 aliphatic heterocycles. The van der Waals surface area contributed by atoms with E-state index in [4.69, 9.17) is 21.4 Å². The first-order chi connectivity index (χ1) is 9.76. The van der Waals surface area contributed by atoms with Gasteiger partial charge in [0, 0.05) is 5.02 Å². The third kappa shape index (κ3) is 4.19. The lowest BCUT2D eigenvalue weighted by Crippen LogP contribution is -2.21. The lowest BCUT2D eigenvalue weighted by atomic mass is 10.1. The van der Waals surface area contributed by atoms with Crippen molar-refractivity contribution in [3.05, 3.63) is 51.8 Å². The van der Waals surface area contributed by atoms with Gasteiger partial charge in [-0.05, 0) is 42.2 Å². The smallest absolute Gasteiger partial charge is 0.429 e. The van der Waals surface area contributed by atoms with Gasteiger partial charge in [-0.2, -0.15) is 0 Å². The van der Waals surface area contributed by atoms with Crippen LogP contribution in [0, 0.1) is 0 Å². The molecule has 0 saturated heterocycles. The van der Waals surface area contributed by atoms with Gasteiger partial charge in [-0.3, -0.25) is 9.88 Å². The Bertz CT molecular complexity index is 674. The molecule has 0 unspecified atom stereocenters. The third-order valence-electron chi connectivity index (χ3n) is 2.97. The van der Waals surface area contributed by atoms with Crippen LogP contribution < -0.4 is 5.09 Å². The Kier molecular flexibility index (Phi) is 4.54. The van der Waals surface area contributed by atoms with E-state index < -0.39 is 13.7 Å². The zero-order chi connectivity index (χ0) is 15.6. The van der Waals surface area contributed by atoms with Crippen LogP contribution in [0.25, 0.3) is 6.08 Å². The van der Waals surface area contributed by atoms with Gasteiger partial charge in [-0.15, -0.1) is 0 Å². The van der Waals surface area contributed by atoms with Crippen molar-refractivity contribution in [2.24, 2.45) is 0 Å². The van der Waals surface area contributed by atoms with Gasteiger partial charge in [0.2, 0.25) is 0 Å². The number of rotatable bonds is 3. The highest BCUT2D eigenvalue weighted by atomic mass is 35.5. The number of nitrogens with one attached hydrogen (secondary N) is 1.